The average Bonchev–Trinajstić information content (AvgIpc) is 2.82. The summed E-state index contributed by atoms with van der Waals surface area (Å²) < 4.78 is 39.7. The Bertz CT molecular complexity index is 565. The van der Waals surface area contributed by atoms with Gasteiger partial charge in [-0.25, -0.2) is 12.8 Å². The summed E-state index contributed by atoms with van der Waals surface area (Å²) in [5, 5.41) is 3.06. The highest BCUT2D eigenvalue weighted by Crippen LogP contribution is 2.26. The second-order valence-corrected chi connectivity index (χ2v) is 6.89. The molecule has 1 aliphatic rings. The number of nitrogens with one attached hydrogen (secondary N) is 1. The molecular formula is C13H20ClFN2O2S. The van der Waals surface area contributed by atoms with Crippen molar-refractivity contribution in [1.82, 2.24) is 9.62 Å². The highest BCUT2D eigenvalue weighted by Gasteiger charge is 2.33. The van der Waals surface area contributed by atoms with Gasteiger partial charge in [-0.1, -0.05) is 6.07 Å². The molecule has 1 fully saturated rings. The number of sulfonamides is 1. The second kappa shape index (κ2) is 6.85. The molecule has 0 aliphatic carbocycles. The van der Waals surface area contributed by atoms with Gasteiger partial charge in [-0.2, -0.15) is 4.31 Å². The van der Waals surface area contributed by atoms with Crippen molar-refractivity contribution in [2.75, 3.05) is 26.7 Å². The fraction of sp³-hybridized carbons (Fsp3) is 0.538. The number of hydrogen-bond donors (Lipinski definition) is 1. The van der Waals surface area contributed by atoms with Crippen LogP contribution >= 0.6 is 12.4 Å². The molecule has 1 aliphatic heterocycles. The van der Waals surface area contributed by atoms with Crippen LogP contribution in [0.25, 0.3) is 0 Å². The number of halogens is 2. The monoisotopic (exact) mass is 322 g/mol. The first-order valence-corrected chi connectivity index (χ1v) is 7.80. The summed E-state index contributed by atoms with van der Waals surface area (Å²) in [5.74, 6) is -0.191. The van der Waals surface area contributed by atoms with E-state index in [-0.39, 0.29) is 17.3 Å². The summed E-state index contributed by atoms with van der Waals surface area (Å²) in [6, 6.07) is 3.89. The van der Waals surface area contributed by atoms with Gasteiger partial charge in [0.15, 0.2) is 0 Å². The molecule has 0 radical (unpaired) electrons. The first kappa shape index (κ1) is 17.4. The summed E-state index contributed by atoms with van der Waals surface area (Å²) in [6.45, 7) is 3.49. The van der Waals surface area contributed by atoms with E-state index in [1.165, 1.54) is 16.4 Å². The summed E-state index contributed by atoms with van der Waals surface area (Å²) in [7, 11) is -1.72. The van der Waals surface area contributed by atoms with Crippen LogP contribution < -0.4 is 5.32 Å². The Morgan fingerprint density at radius 3 is 2.80 bits per heavy atom. The highest BCUT2D eigenvalue weighted by molar-refractivity contribution is 7.89. The van der Waals surface area contributed by atoms with Crippen molar-refractivity contribution < 1.29 is 12.8 Å². The Morgan fingerprint density at radius 1 is 1.45 bits per heavy atom. The Morgan fingerprint density at radius 2 is 2.15 bits per heavy atom. The molecule has 4 nitrogen and oxygen atoms in total. The Labute approximate surface area is 125 Å². The van der Waals surface area contributed by atoms with Crippen LogP contribution in [0.3, 0.4) is 0 Å². The molecular weight excluding hydrogens is 303 g/mol. The molecule has 7 heteroatoms. The summed E-state index contributed by atoms with van der Waals surface area (Å²) in [6.07, 6.45) is 0.842. The van der Waals surface area contributed by atoms with E-state index in [1.807, 2.05) is 7.05 Å². The van der Waals surface area contributed by atoms with Crippen LogP contribution in [0.4, 0.5) is 4.39 Å². The van der Waals surface area contributed by atoms with Crippen LogP contribution in [0, 0.1) is 18.7 Å². The first-order valence-electron chi connectivity index (χ1n) is 6.36. The van der Waals surface area contributed by atoms with Crippen LogP contribution in [0.1, 0.15) is 12.0 Å². The van der Waals surface area contributed by atoms with Gasteiger partial charge in [0, 0.05) is 13.1 Å². The average molecular weight is 323 g/mol. The molecule has 114 valence electrons. The molecule has 1 aromatic carbocycles. The van der Waals surface area contributed by atoms with Crippen molar-refractivity contribution in [2.45, 2.75) is 18.2 Å². The van der Waals surface area contributed by atoms with E-state index in [0.717, 1.165) is 19.0 Å². The van der Waals surface area contributed by atoms with Crippen molar-refractivity contribution in [3.63, 3.8) is 0 Å². The molecule has 0 amide bonds. The van der Waals surface area contributed by atoms with Gasteiger partial charge in [0.25, 0.3) is 0 Å². The standard InChI is InChI=1S/C13H19FN2O2S.ClH/c1-10-3-4-12(14)7-13(10)19(17,18)16-6-5-11(9-16)8-15-2;/h3-4,7,11,15H,5-6,8-9H2,1-2H3;1H. The van der Waals surface area contributed by atoms with Crippen molar-refractivity contribution in [1.29, 1.82) is 0 Å². The predicted molar refractivity (Wildman–Crippen MR) is 79.2 cm³/mol. The number of benzene rings is 1. The van der Waals surface area contributed by atoms with Crippen LogP contribution in [0.15, 0.2) is 23.1 Å². The number of rotatable bonds is 4. The third-order valence-corrected chi connectivity index (χ3v) is 5.52. The zero-order valence-electron chi connectivity index (χ0n) is 11.6. The van der Waals surface area contributed by atoms with E-state index < -0.39 is 15.8 Å². The smallest absolute Gasteiger partial charge is 0.243 e. The first-order chi connectivity index (χ1) is 8.95. The van der Waals surface area contributed by atoms with Gasteiger partial charge in [0.2, 0.25) is 10.0 Å². The third kappa shape index (κ3) is 3.49. The predicted octanol–water partition coefficient (Wildman–Crippen LogP) is 1.79. The lowest BCUT2D eigenvalue weighted by Gasteiger charge is -2.18. The van der Waals surface area contributed by atoms with Crippen molar-refractivity contribution in [3.05, 3.63) is 29.6 Å². The van der Waals surface area contributed by atoms with Gasteiger partial charge in [0.1, 0.15) is 5.82 Å². The largest absolute Gasteiger partial charge is 0.319 e. The molecule has 0 saturated carbocycles. The normalized spacial score (nSPS) is 19.9. The zero-order chi connectivity index (χ0) is 14.0. The number of aryl methyl sites for hydroxylation is 1. The Kier molecular flexibility index (Phi) is 5.94. The number of nitrogens with zero attached hydrogens (tertiary/aromatic N) is 1. The van der Waals surface area contributed by atoms with E-state index in [4.69, 9.17) is 0 Å². The van der Waals surface area contributed by atoms with Gasteiger partial charge in [-0.15, -0.1) is 12.4 Å². The lowest BCUT2D eigenvalue weighted by atomic mass is 10.1. The minimum atomic E-state index is -3.58. The van der Waals surface area contributed by atoms with E-state index in [9.17, 15) is 12.8 Å². The maximum absolute atomic E-state index is 13.3. The summed E-state index contributed by atoms with van der Waals surface area (Å²) in [4.78, 5) is 0.0811. The van der Waals surface area contributed by atoms with E-state index in [1.54, 1.807) is 6.92 Å². The van der Waals surface area contributed by atoms with Crippen LogP contribution in [0.5, 0.6) is 0 Å². The molecule has 1 saturated heterocycles. The molecule has 20 heavy (non-hydrogen) atoms. The Hall–Kier alpha value is -0.690. The third-order valence-electron chi connectivity index (χ3n) is 3.51. The zero-order valence-corrected chi connectivity index (χ0v) is 13.2. The topological polar surface area (TPSA) is 49.4 Å². The van der Waals surface area contributed by atoms with Gasteiger partial charge < -0.3 is 5.32 Å². The lowest BCUT2D eigenvalue weighted by molar-refractivity contribution is 0.450. The van der Waals surface area contributed by atoms with E-state index >= 15 is 0 Å². The fourth-order valence-electron chi connectivity index (χ4n) is 2.46. The molecule has 0 spiro atoms. The number of hydrogen-bond acceptors (Lipinski definition) is 3. The van der Waals surface area contributed by atoms with Gasteiger partial charge in [-0.05, 0) is 50.6 Å². The SMILES string of the molecule is CNCC1CCN(S(=O)(=O)c2cc(F)ccc2C)C1.Cl. The van der Waals surface area contributed by atoms with Crippen molar-refractivity contribution in [2.24, 2.45) is 5.92 Å². The van der Waals surface area contributed by atoms with Crippen LogP contribution in [-0.4, -0.2) is 39.4 Å². The van der Waals surface area contributed by atoms with Crippen molar-refractivity contribution >= 4 is 22.4 Å². The molecule has 1 N–H and O–H groups in total. The second-order valence-electron chi connectivity index (χ2n) is 4.99. The Balaban J connectivity index is 0.00000200. The maximum atomic E-state index is 13.3. The molecule has 1 unspecified atom stereocenters. The lowest BCUT2D eigenvalue weighted by Crippen LogP contribution is -2.31. The summed E-state index contributed by atoms with van der Waals surface area (Å²) in [5.41, 5.74) is 0.582. The molecule has 2 rings (SSSR count). The fourth-order valence-corrected chi connectivity index (χ4v) is 4.23. The molecule has 1 aromatic rings. The quantitative estimate of drug-likeness (QED) is 0.919. The summed E-state index contributed by atoms with van der Waals surface area (Å²) >= 11 is 0. The van der Waals surface area contributed by atoms with Gasteiger partial charge in [-0.3, -0.25) is 0 Å². The van der Waals surface area contributed by atoms with Gasteiger partial charge >= 0.3 is 0 Å². The van der Waals surface area contributed by atoms with Crippen molar-refractivity contribution in [3.8, 4) is 0 Å². The highest BCUT2D eigenvalue weighted by atomic mass is 35.5. The minimum Gasteiger partial charge on any atom is -0.319 e. The van der Waals surface area contributed by atoms with Gasteiger partial charge in [0.05, 0.1) is 4.90 Å². The van der Waals surface area contributed by atoms with E-state index in [2.05, 4.69) is 5.32 Å². The molecule has 0 aromatic heterocycles. The van der Waals surface area contributed by atoms with Crippen LogP contribution in [-0.2, 0) is 10.0 Å². The molecule has 1 heterocycles. The maximum Gasteiger partial charge on any atom is 0.243 e. The van der Waals surface area contributed by atoms with Crippen LogP contribution in [0.2, 0.25) is 0 Å². The molecule has 1 atom stereocenters. The van der Waals surface area contributed by atoms with E-state index in [0.29, 0.717) is 24.6 Å². The minimum absolute atomic E-state index is 0. The molecule has 0 bridgehead atoms.